The smallest absolute Gasteiger partial charge is 0.269 e. The number of hydrogen-bond acceptors (Lipinski definition) is 5. The number of anilines is 1. The minimum Gasteiger partial charge on any atom is -0.384 e. The van der Waals surface area contributed by atoms with Gasteiger partial charge in [0.15, 0.2) is 0 Å². The molecule has 0 amide bonds. The Balaban J connectivity index is 2.19. The molecule has 0 fully saturated rings. The van der Waals surface area contributed by atoms with E-state index in [2.05, 4.69) is 27.4 Å². The summed E-state index contributed by atoms with van der Waals surface area (Å²) in [4.78, 5) is 16.1. The zero-order chi connectivity index (χ0) is 13.7. The Morgan fingerprint density at radius 2 is 2.11 bits per heavy atom. The first-order chi connectivity index (χ1) is 9.24. The molecule has 2 aromatic heterocycles. The topological polar surface area (TPSA) is 77.6 Å². The van der Waals surface area contributed by atoms with E-state index < -0.39 is 0 Å². The van der Waals surface area contributed by atoms with Gasteiger partial charge in [-0.15, -0.1) is 0 Å². The summed E-state index contributed by atoms with van der Waals surface area (Å²) in [6.07, 6.45) is 4.12. The zero-order valence-electron chi connectivity index (χ0n) is 11.2. The number of aromatic nitrogens is 5. The normalized spacial score (nSPS) is 10.6. The molecule has 0 spiro atoms. The van der Waals surface area contributed by atoms with E-state index in [0.29, 0.717) is 6.54 Å². The van der Waals surface area contributed by atoms with Crippen LogP contribution in [-0.2, 0) is 13.1 Å². The highest BCUT2D eigenvalue weighted by molar-refractivity contribution is 5.38. The molecular weight excluding hydrogens is 244 g/mol. The largest absolute Gasteiger partial charge is 0.384 e. The Labute approximate surface area is 111 Å². The first-order valence-corrected chi connectivity index (χ1v) is 6.42. The predicted molar refractivity (Wildman–Crippen MR) is 72.1 cm³/mol. The fraction of sp³-hybridized carbons (Fsp3) is 0.500. The molecule has 0 radical (unpaired) electrons. The molecule has 0 aromatic carbocycles. The molecule has 0 aliphatic rings. The third-order valence-corrected chi connectivity index (χ3v) is 2.67. The van der Waals surface area contributed by atoms with E-state index in [1.165, 1.54) is 17.1 Å². The second kappa shape index (κ2) is 6.12. The molecular formula is C12H18N6O. The van der Waals surface area contributed by atoms with Gasteiger partial charge in [0.1, 0.15) is 18.7 Å². The van der Waals surface area contributed by atoms with E-state index >= 15 is 0 Å². The fourth-order valence-electron chi connectivity index (χ4n) is 1.80. The molecule has 0 saturated carbocycles. The lowest BCUT2D eigenvalue weighted by Gasteiger charge is -2.07. The van der Waals surface area contributed by atoms with Gasteiger partial charge in [0.2, 0.25) is 0 Å². The van der Waals surface area contributed by atoms with Gasteiger partial charge in [-0.25, -0.2) is 14.3 Å². The summed E-state index contributed by atoms with van der Waals surface area (Å²) in [5, 5.41) is 11.3. The van der Waals surface area contributed by atoms with Gasteiger partial charge in [-0.1, -0.05) is 6.92 Å². The third kappa shape index (κ3) is 3.18. The van der Waals surface area contributed by atoms with Gasteiger partial charge >= 0.3 is 0 Å². The second-order valence-corrected chi connectivity index (χ2v) is 4.17. The SMILES string of the molecule is CCCn1ncnc1Cn1ncc(NCC)cc1=O. The minimum atomic E-state index is -0.149. The maximum atomic E-state index is 11.9. The van der Waals surface area contributed by atoms with E-state index in [1.807, 2.05) is 6.92 Å². The number of aryl methyl sites for hydroxylation is 1. The van der Waals surface area contributed by atoms with Gasteiger partial charge in [0.25, 0.3) is 5.56 Å². The molecule has 7 nitrogen and oxygen atoms in total. The average Bonchev–Trinajstić information content (AvgIpc) is 2.81. The van der Waals surface area contributed by atoms with Crippen LogP contribution in [0.15, 0.2) is 23.4 Å². The van der Waals surface area contributed by atoms with Gasteiger partial charge in [-0.05, 0) is 13.3 Å². The molecule has 2 aromatic rings. The summed E-state index contributed by atoms with van der Waals surface area (Å²) in [7, 11) is 0. The summed E-state index contributed by atoms with van der Waals surface area (Å²) in [5.41, 5.74) is 0.586. The number of rotatable bonds is 6. The van der Waals surface area contributed by atoms with Gasteiger partial charge in [-0.2, -0.15) is 10.2 Å². The van der Waals surface area contributed by atoms with Crippen LogP contribution in [-0.4, -0.2) is 31.1 Å². The van der Waals surface area contributed by atoms with E-state index in [-0.39, 0.29) is 5.56 Å². The van der Waals surface area contributed by atoms with Gasteiger partial charge in [0, 0.05) is 19.2 Å². The lowest BCUT2D eigenvalue weighted by molar-refractivity contribution is 0.528. The van der Waals surface area contributed by atoms with Crippen LogP contribution in [0.3, 0.4) is 0 Å². The summed E-state index contributed by atoms with van der Waals surface area (Å²) in [5.74, 6) is 0.743. The third-order valence-electron chi connectivity index (χ3n) is 2.67. The molecule has 0 aliphatic carbocycles. The summed E-state index contributed by atoms with van der Waals surface area (Å²) >= 11 is 0. The van der Waals surface area contributed by atoms with E-state index in [9.17, 15) is 4.79 Å². The molecule has 0 atom stereocenters. The Morgan fingerprint density at radius 1 is 1.26 bits per heavy atom. The molecule has 2 heterocycles. The fourth-order valence-corrected chi connectivity index (χ4v) is 1.80. The molecule has 0 aliphatic heterocycles. The Kier molecular flexibility index (Phi) is 4.27. The minimum absolute atomic E-state index is 0.149. The summed E-state index contributed by atoms with van der Waals surface area (Å²) < 4.78 is 3.18. The van der Waals surface area contributed by atoms with Crippen LogP contribution >= 0.6 is 0 Å². The average molecular weight is 262 g/mol. The van der Waals surface area contributed by atoms with E-state index in [1.54, 1.807) is 10.9 Å². The van der Waals surface area contributed by atoms with Crippen molar-refractivity contribution in [2.45, 2.75) is 33.4 Å². The van der Waals surface area contributed by atoms with E-state index in [4.69, 9.17) is 0 Å². The van der Waals surface area contributed by atoms with Crippen LogP contribution in [0.4, 0.5) is 5.69 Å². The zero-order valence-corrected chi connectivity index (χ0v) is 11.2. The van der Waals surface area contributed by atoms with Crippen molar-refractivity contribution in [3.05, 3.63) is 34.8 Å². The lowest BCUT2D eigenvalue weighted by atomic mass is 10.4. The standard InChI is InChI=1S/C12H18N6O/c1-3-5-17-11(14-9-16-17)8-18-12(19)6-10(7-15-18)13-4-2/h6-7,9,13H,3-5,8H2,1-2H3. The number of nitrogens with one attached hydrogen (secondary N) is 1. The van der Waals surface area contributed by atoms with Crippen molar-refractivity contribution in [3.8, 4) is 0 Å². The molecule has 0 bridgehead atoms. The maximum Gasteiger partial charge on any atom is 0.269 e. The number of hydrogen-bond donors (Lipinski definition) is 1. The van der Waals surface area contributed by atoms with Crippen LogP contribution in [0.25, 0.3) is 0 Å². The van der Waals surface area contributed by atoms with Crippen molar-refractivity contribution < 1.29 is 0 Å². The van der Waals surface area contributed by atoms with Crippen molar-refractivity contribution in [1.29, 1.82) is 0 Å². The highest BCUT2D eigenvalue weighted by Crippen LogP contribution is 2.01. The maximum absolute atomic E-state index is 11.9. The second-order valence-electron chi connectivity index (χ2n) is 4.17. The molecule has 0 saturated heterocycles. The van der Waals surface area contributed by atoms with Crippen molar-refractivity contribution >= 4 is 5.69 Å². The van der Waals surface area contributed by atoms with Crippen LogP contribution in [0.1, 0.15) is 26.1 Å². The molecule has 1 N–H and O–H groups in total. The lowest BCUT2D eigenvalue weighted by Crippen LogP contribution is -2.25. The highest BCUT2D eigenvalue weighted by Gasteiger charge is 2.07. The van der Waals surface area contributed by atoms with Crippen molar-refractivity contribution in [2.75, 3.05) is 11.9 Å². The first-order valence-electron chi connectivity index (χ1n) is 6.42. The van der Waals surface area contributed by atoms with Crippen LogP contribution < -0.4 is 10.9 Å². The summed E-state index contributed by atoms with van der Waals surface area (Å²) in [6.45, 7) is 5.93. The van der Waals surface area contributed by atoms with Gasteiger partial charge in [-0.3, -0.25) is 4.79 Å². The van der Waals surface area contributed by atoms with Crippen molar-refractivity contribution in [1.82, 2.24) is 24.5 Å². The highest BCUT2D eigenvalue weighted by atomic mass is 16.1. The Hall–Kier alpha value is -2.18. The molecule has 102 valence electrons. The Bertz CT molecular complexity index is 588. The Morgan fingerprint density at radius 3 is 2.79 bits per heavy atom. The monoisotopic (exact) mass is 262 g/mol. The van der Waals surface area contributed by atoms with Crippen LogP contribution in [0, 0.1) is 0 Å². The van der Waals surface area contributed by atoms with Crippen molar-refractivity contribution in [2.24, 2.45) is 0 Å². The van der Waals surface area contributed by atoms with Crippen LogP contribution in [0.5, 0.6) is 0 Å². The molecule has 2 rings (SSSR count). The van der Waals surface area contributed by atoms with Gasteiger partial charge < -0.3 is 5.32 Å². The van der Waals surface area contributed by atoms with Crippen molar-refractivity contribution in [3.63, 3.8) is 0 Å². The van der Waals surface area contributed by atoms with Crippen LogP contribution in [0.2, 0.25) is 0 Å². The molecule has 7 heteroatoms. The molecule has 19 heavy (non-hydrogen) atoms. The first kappa shape index (κ1) is 13.3. The van der Waals surface area contributed by atoms with E-state index in [0.717, 1.165) is 31.0 Å². The van der Waals surface area contributed by atoms with Gasteiger partial charge in [0.05, 0.1) is 11.9 Å². The predicted octanol–water partition coefficient (Wildman–Crippen LogP) is 0.725. The quantitative estimate of drug-likeness (QED) is 0.830. The summed E-state index contributed by atoms with van der Waals surface area (Å²) in [6, 6.07) is 1.54. The molecule has 0 unspecified atom stereocenters. The number of nitrogens with zero attached hydrogens (tertiary/aromatic N) is 5.